The third kappa shape index (κ3) is 4.20. The lowest BCUT2D eigenvalue weighted by atomic mass is 9.99. The maximum absolute atomic E-state index is 15.2. The molecule has 2 N–H and O–H groups in total. The number of aromatic nitrogens is 2. The Hall–Kier alpha value is -3.70. The predicted octanol–water partition coefficient (Wildman–Crippen LogP) is 4.03. The van der Waals surface area contributed by atoms with Gasteiger partial charge in [-0.15, -0.1) is 0 Å². The molecule has 2 aromatic heterocycles. The minimum atomic E-state index is -4.34. The zero-order chi connectivity index (χ0) is 23.8. The Labute approximate surface area is 186 Å². The molecule has 11 heteroatoms. The fourth-order valence-electron chi connectivity index (χ4n) is 3.26. The highest BCUT2D eigenvalue weighted by Gasteiger charge is 2.29. The fourth-order valence-corrected chi connectivity index (χ4v) is 4.31. The minimum absolute atomic E-state index is 0.119. The van der Waals surface area contributed by atoms with Gasteiger partial charge in [-0.2, -0.15) is 4.72 Å². The molecule has 2 heterocycles. The number of halogens is 3. The number of hydrogen-bond acceptors (Lipinski definition) is 5. The van der Waals surface area contributed by atoms with Crippen LogP contribution in [-0.2, 0) is 10.0 Å². The van der Waals surface area contributed by atoms with Crippen LogP contribution in [0.25, 0.3) is 11.0 Å². The molecule has 170 valence electrons. The number of nitrogens with zero attached hydrogens (tertiary/aromatic N) is 1. The first-order valence-electron chi connectivity index (χ1n) is 9.48. The highest BCUT2D eigenvalue weighted by molar-refractivity contribution is 7.89. The van der Waals surface area contributed by atoms with Crippen LogP contribution in [0.4, 0.5) is 13.2 Å². The number of rotatable bonds is 7. The number of ether oxygens (including phenoxy) is 1. The number of pyridine rings is 1. The number of alkyl halides is 1. The SMILES string of the molecule is COc1cnc2[nH]cc(C(=O)c3c(F)ccc(C(F)NS(=O)(=O)c4ccccc4)c3F)c2c1. The number of aromatic amines is 1. The van der Waals surface area contributed by atoms with E-state index in [2.05, 4.69) is 9.97 Å². The molecule has 0 spiro atoms. The van der Waals surface area contributed by atoms with Crippen LogP contribution in [-0.4, -0.2) is 31.3 Å². The van der Waals surface area contributed by atoms with Crippen molar-refractivity contribution >= 4 is 26.8 Å². The summed E-state index contributed by atoms with van der Waals surface area (Å²) in [5.41, 5.74) is -1.71. The first kappa shape index (κ1) is 22.5. The normalized spacial score (nSPS) is 12.6. The van der Waals surface area contributed by atoms with Crippen LogP contribution in [0.5, 0.6) is 5.75 Å². The highest BCUT2D eigenvalue weighted by Crippen LogP contribution is 2.29. The molecule has 0 bridgehead atoms. The van der Waals surface area contributed by atoms with Crippen molar-refractivity contribution in [1.82, 2.24) is 14.7 Å². The smallest absolute Gasteiger partial charge is 0.243 e. The Morgan fingerprint density at radius 1 is 1.15 bits per heavy atom. The molecular weight excluding hydrogens is 459 g/mol. The second-order valence-electron chi connectivity index (χ2n) is 6.93. The Kier molecular flexibility index (Phi) is 5.91. The molecule has 0 aliphatic carbocycles. The van der Waals surface area contributed by atoms with Crippen molar-refractivity contribution in [1.29, 1.82) is 0 Å². The van der Waals surface area contributed by atoms with Gasteiger partial charge in [0.1, 0.15) is 23.0 Å². The van der Waals surface area contributed by atoms with E-state index in [-0.39, 0.29) is 21.5 Å². The van der Waals surface area contributed by atoms with Crippen molar-refractivity contribution in [2.24, 2.45) is 0 Å². The van der Waals surface area contributed by atoms with Crippen molar-refractivity contribution in [2.75, 3.05) is 7.11 Å². The molecule has 33 heavy (non-hydrogen) atoms. The molecule has 0 aliphatic heterocycles. The van der Waals surface area contributed by atoms with E-state index < -0.39 is 44.9 Å². The van der Waals surface area contributed by atoms with Crippen molar-refractivity contribution in [3.63, 3.8) is 0 Å². The molecule has 2 aromatic carbocycles. The number of sulfonamides is 1. The average Bonchev–Trinajstić information content (AvgIpc) is 3.22. The van der Waals surface area contributed by atoms with Gasteiger partial charge < -0.3 is 9.72 Å². The van der Waals surface area contributed by atoms with E-state index in [9.17, 15) is 22.0 Å². The van der Waals surface area contributed by atoms with Crippen molar-refractivity contribution in [3.8, 4) is 5.75 Å². The number of carbonyl (C=O) groups is 1. The van der Waals surface area contributed by atoms with E-state index in [0.29, 0.717) is 11.8 Å². The standard InChI is InChI=1S/C22H16F3N3O4S/c1-32-12-9-15-16(11-27-22(15)26-10-12)20(29)18-17(23)8-7-14(19(18)24)21(25)28-33(30,31)13-5-3-2-4-6-13/h2-11,21,28H,1H3,(H,26,27). The van der Waals surface area contributed by atoms with Crippen LogP contribution in [0.3, 0.4) is 0 Å². The summed E-state index contributed by atoms with van der Waals surface area (Å²) in [6, 6.07) is 9.78. The largest absolute Gasteiger partial charge is 0.495 e. The number of ketones is 1. The maximum atomic E-state index is 15.2. The quantitative estimate of drug-likeness (QED) is 0.311. The summed E-state index contributed by atoms with van der Waals surface area (Å²) in [6.45, 7) is 0. The number of carbonyl (C=O) groups excluding carboxylic acids is 1. The summed E-state index contributed by atoms with van der Waals surface area (Å²) in [5.74, 6) is -3.52. The predicted molar refractivity (Wildman–Crippen MR) is 113 cm³/mol. The van der Waals surface area contributed by atoms with Crippen molar-refractivity contribution in [2.45, 2.75) is 11.2 Å². The minimum Gasteiger partial charge on any atom is -0.495 e. The molecule has 0 fully saturated rings. The summed E-state index contributed by atoms with van der Waals surface area (Å²) >= 11 is 0. The molecule has 4 aromatic rings. The Morgan fingerprint density at radius 2 is 1.88 bits per heavy atom. The molecule has 1 atom stereocenters. The zero-order valence-corrected chi connectivity index (χ0v) is 17.8. The number of fused-ring (bicyclic) bond motifs is 1. The van der Waals surface area contributed by atoms with E-state index in [4.69, 9.17) is 4.74 Å². The molecule has 1 unspecified atom stereocenters. The second kappa shape index (κ2) is 8.68. The summed E-state index contributed by atoms with van der Waals surface area (Å²) in [6.07, 6.45) is 0.0318. The maximum Gasteiger partial charge on any atom is 0.243 e. The van der Waals surface area contributed by atoms with Gasteiger partial charge in [0.05, 0.1) is 23.8 Å². The first-order chi connectivity index (χ1) is 15.7. The molecule has 0 amide bonds. The van der Waals surface area contributed by atoms with Crippen LogP contribution < -0.4 is 9.46 Å². The highest BCUT2D eigenvalue weighted by atomic mass is 32.2. The second-order valence-corrected chi connectivity index (χ2v) is 8.64. The van der Waals surface area contributed by atoms with Gasteiger partial charge in [-0.1, -0.05) is 18.2 Å². The van der Waals surface area contributed by atoms with Crippen LogP contribution in [0.1, 0.15) is 27.8 Å². The van der Waals surface area contributed by atoms with Crippen LogP contribution >= 0.6 is 0 Å². The number of H-pyrrole nitrogens is 1. The number of methoxy groups -OCH3 is 1. The molecule has 0 radical (unpaired) electrons. The fraction of sp³-hybridized carbons (Fsp3) is 0.0909. The summed E-state index contributed by atoms with van der Waals surface area (Å²) in [5, 5.41) is 0.241. The van der Waals surface area contributed by atoms with Crippen LogP contribution in [0.15, 0.2) is 65.8 Å². The van der Waals surface area contributed by atoms with Crippen LogP contribution in [0, 0.1) is 11.6 Å². The molecular formula is C22H16F3N3O4S. The van der Waals surface area contributed by atoms with E-state index in [1.807, 2.05) is 0 Å². The molecule has 0 aliphatic rings. The average molecular weight is 475 g/mol. The third-order valence-electron chi connectivity index (χ3n) is 4.92. The molecule has 7 nitrogen and oxygen atoms in total. The van der Waals surface area contributed by atoms with Crippen molar-refractivity contribution in [3.05, 3.63) is 89.2 Å². The summed E-state index contributed by atoms with van der Waals surface area (Å²) < 4.78 is 76.0. The molecule has 0 saturated heterocycles. The summed E-state index contributed by atoms with van der Waals surface area (Å²) in [4.78, 5) is 19.5. The van der Waals surface area contributed by atoms with Gasteiger partial charge in [-0.05, 0) is 30.3 Å². The van der Waals surface area contributed by atoms with Gasteiger partial charge in [0.15, 0.2) is 6.30 Å². The van der Waals surface area contributed by atoms with Crippen LogP contribution in [0.2, 0.25) is 0 Å². The van der Waals surface area contributed by atoms with Gasteiger partial charge in [-0.3, -0.25) is 4.79 Å². The third-order valence-corrected chi connectivity index (χ3v) is 6.33. The van der Waals surface area contributed by atoms with E-state index in [1.165, 1.54) is 49.8 Å². The Bertz CT molecular complexity index is 1460. The molecule has 4 rings (SSSR count). The van der Waals surface area contributed by atoms with E-state index >= 15 is 4.39 Å². The van der Waals surface area contributed by atoms with Gasteiger partial charge in [0.2, 0.25) is 15.8 Å². The van der Waals surface area contributed by atoms with Gasteiger partial charge >= 0.3 is 0 Å². The Morgan fingerprint density at radius 3 is 2.58 bits per heavy atom. The van der Waals surface area contributed by atoms with Gasteiger partial charge in [0, 0.05) is 22.7 Å². The van der Waals surface area contributed by atoms with Gasteiger partial charge in [0.25, 0.3) is 0 Å². The lowest BCUT2D eigenvalue weighted by Crippen LogP contribution is -2.27. The first-order valence-corrected chi connectivity index (χ1v) is 11.0. The summed E-state index contributed by atoms with van der Waals surface area (Å²) in [7, 11) is -2.96. The topological polar surface area (TPSA) is 101 Å². The zero-order valence-electron chi connectivity index (χ0n) is 17.0. The van der Waals surface area contributed by atoms with E-state index in [1.54, 1.807) is 10.8 Å². The number of hydrogen-bond donors (Lipinski definition) is 2. The molecule has 0 saturated carbocycles. The Balaban J connectivity index is 1.72. The van der Waals surface area contributed by atoms with E-state index in [0.717, 1.165) is 6.07 Å². The lowest BCUT2D eigenvalue weighted by Gasteiger charge is -2.14. The monoisotopic (exact) mass is 475 g/mol. The number of nitrogens with one attached hydrogen (secondary N) is 2. The van der Waals surface area contributed by atoms with Gasteiger partial charge in [-0.25, -0.2) is 26.6 Å². The number of benzene rings is 2. The lowest BCUT2D eigenvalue weighted by molar-refractivity contribution is 0.103. The van der Waals surface area contributed by atoms with Crippen molar-refractivity contribution < 1.29 is 31.1 Å².